The van der Waals surface area contributed by atoms with Gasteiger partial charge in [-0.2, -0.15) is 0 Å². The molecular weight excluding hydrogens is 226 g/mol. The summed E-state index contributed by atoms with van der Waals surface area (Å²) in [7, 11) is 0. The van der Waals surface area contributed by atoms with Gasteiger partial charge in [0.2, 0.25) is 0 Å². The van der Waals surface area contributed by atoms with Gasteiger partial charge in [-0.05, 0) is 30.0 Å². The summed E-state index contributed by atoms with van der Waals surface area (Å²) in [6.45, 7) is 7.11. The molecule has 1 aliphatic rings. The van der Waals surface area contributed by atoms with Crippen molar-refractivity contribution in [1.82, 2.24) is 4.90 Å². The Balaban J connectivity index is 2.02. The molecule has 0 bridgehead atoms. The summed E-state index contributed by atoms with van der Waals surface area (Å²) in [6.07, 6.45) is 0.697. The molecule has 1 saturated heterocycles. The van der Waals surface area contributed by atoms with Gasteiger partial charge >= 0.3 is 0 Å². The van der Waals surface area contributed by atoms with E-state index in [1.54, 1.807) is 4.90 Å². The molecular formula is C15H21NO2. The molecule has 0 aliphatic carbocycles. The lowest BCUT2D eigenvalue weighted by atomic mass is 9.90. The highest BCUT2D eigenvalue weighted by Crippen LogP contribution is 2.26. The molecule has 1 N–H and O–H groups in total. The second kappa shape index (κ2) is 4.73. The summed E-state index contributed by atoms with van der Waals surface area (Å²) in [5.74, 6) is 0.492. The third-order valence-corrected chi connectivity index (χ3v) is 3.74. The van der Waals surface area contributed by atoms with Crippen molar-refractivity contribution in [3.8, 4) is 0 Å². The summed E-state index contributed by atoms with van der Waals surface area (Å²) in [4.78, 5) is 13.8. The molecule has 0 unspecified atom stereocenters. The van der Waals surface area contributed by atoms with E-state index in [9.17, 15) is 9.90 Å². The van der Waals surface area contributed by atoms with E-state index in [1.165, 1.54) is 5.56 Å². The van der Waals surface area contributed by atoms with Crippen molar-refractivity contribution in [3.05, 3.63) is 35.4 Å². The van der Waals surface area contributed by atoms with Gasteiger partial charge in [-0.25, -0.2) is 0 Å². The fourth-order valence-corrected chi connectivity index (χ4v) is 2.22. The molecule has 0 atom stereocenters. The van der Waals surface area contributed by atoms with Gasteiger partial charge in [-0.15, -0.1) is 0 Å². The first-order valence-corrected chi connectivity index (χ1v) is 6.57. The number of nitrogens with zero attached hydrogens (tertiary/aromatic N) is 1. The second-order valence-corrected chi connectivity index (χ2v) is 5.52. The van der Waals surface area contributed by atoms with Gasteiger partial charge in [0.25, 0.3) is 5.91 Å². The second-order valence-electron chi connectivity index (χ2n) is 5.52. The summed E-state index contributed by atoms with van der Waals surface area (Å²) in [5.41, 5.74) is 1.28. The van der Waals surface area contributed by atoms with Gasteiger partial charge in [0.1, 0.15) is 0 Å². The van der Waals surface area contributed by atoms with E-state index < -0.39 is 5.60 Å². The number of rotatable bonds is 3. The Bertz CT molecular complexity index is 430. The van der Waals surface area contributed by atoms with Crippen molar-refractivity contribution in [2.75, 3.05) is 13.1 Å². The number of benzene rings is 1. The fourth-order valence-electron chi connectivity index (χ4n) is 2.22. The molecule has 3 nitrogen and oxygen atoms in total. The average Bonchev–Trinajstić information content (AvgIpc) is 2.34. The first kappa shape index (κ1) is 13.1. The van der Waals surface area contributed by atoms with E-state index in [0.29, 0.717) is 31.0 Å². The molecule has 0 saturated carbocycles. The maximum absolute atomic E-state index is 12.1. The zero-order chi connectivity index (χ0) is 13.3. The first-order valence-electron chi connectivity index (χ1n) is 6.57. The van der Waals surface area contributed by atoms with Crippen molar-refractivity contribution in [2.45, 2.75) is 38.7 Å². The van der Waals surface area contributed by atoms with Crippen molar-refractivity contribution in [2.24, 2.45) is 0 Å². The average molecular weight is 247 g/mol. The van der Waals surface area contributed by atoms with Crippen LogP contribution in [0.25, 0.3) is 0 Å². The minimum Gasteiger partial charge on any atom is -0.386 e. The number of carbonyl (C=O) groups excluding carboxylic acids is 1. The quantitative estimate of drug-likeness (QED) is 0.891. The van der Waals surface area contributed by atoms with Crippen LogP contribution < -0.4 is 0 Å². The van der Waals surface area contributed by atoms with Gasteiger partial charge in [0.05, 0.1) is 18.7 Å². The SMILES string of the molecule is CCC1(O)CN(C(=O)c2ccc(C(C)C)cc2)C1. The van der Waals surface area contributed by atoms with Crippen molar-refractivity contribution < 1.29 is 9.90 Å². The number of amides is 1. The van der Waals surface area contributed by atoms with E-state index in [0.717, 1.165) is 0 Å². The lowest BCUT2D eigenvalue weighted by Crippen LogP contribution is -2.63. The Morgan fingerprint density at radius 2 is 1.89 bits per heavy atom. The highest BCUT2D eigenvalue weighted by Gasteiger charge is 2.42. The Kier molecular flexibility index (Phi) is 3.44. The van der Waals surface area contributed by atoms with E-state index in [-0.39, 0.29) is 5.91 Å². The van der Waals surface area contributed by atoms with Crippen LogP contribution in [0.4, 0.5) is 0 Å². The van der Waals surface area contributed by atoms with E-state index >= 15 is 0 Å². The van der Waals surface area contributed by atoms with Crippen LogP contribution in [0, 0.1) is 0 Å². The number of hydrogen-bond donors (Lipinski definition) is 1. The Morgan fingerprint density at radius 1 is 1.33 bits per heavy atom. The molecule has 1 amide bonds. The van der Waals surface area contributed by atoms with Crippen LogP contribution in [0.2, 0.25) is 0 Å². The van der Waals surface area contributed by atoms with Gasteiger partial charge in [-0.1, -0.05) is 32.9 Å². The van der Waals surface area contributed by atoms with Gasteiger partial charge in [0, 0.05) is 5.56 Å². The molecule has 18 heavy (non-hydrogen) atoms. The minimum atomic E-state index is -0.659. The van der Waals surface area contributed by atoms with Crippen LogP contribution in [-0.4, -0.2) is 34.6 Å². The smallest absolute Gasteiger partial charge is 0.254 e. The summed E-state index contributed by atoms with van der Waals surface area (Å²) in [6, 6.07) is 7.76. The molecule has 1 aromatic carbocycles. The zero-order valence-corrected chi connectivity index (χ0v) is 11.3. The van der Waals surface area contributed by atoms with Crippen molar-refractivity contribution in [1.29, 1.82) is 0 Å². The van der Waals surface area contributed by atoms with Crippen LogP contribution in [0.15, 0.2) is 24.3 Å². The van der Waals surface area contributed by atoms with Crippen LogP contribution in [0.3, 0.4) is 0 Å². The van der Waals surface area contributed by atoms with Crippen LogP contribution in [0.1, 0.15) is 49.0 Å². The zero-order valence-electron chi connectivity index (χ0n) is 11.3. The standard InChI is InChI=1S/C15H21NO2/c1-4-15(18)9-16(10-15)14(17)13-7-5-12(6-8-13)11(2)3/h5-8,11,18H,4,9-10H2,1-3H3. The number of β-amino-alcohol motifs (C(OH)–C–C–N with tert-alkyl or cyclic N) is 1. The Hall–Kier alpha value is -1.35. The molecule has 2 rings (SSSR count). The van der Waals surface area contributed by atoms with E-state index in [4.69, 9.17) is 0 Å². The lowest BCUT2D eigenvalue weighted by molar-refractivity contribution is -0.0826. The number of hydrogen-bond acceptors (Lipinski definition) is 2. The van der Waals surface area contributed by atoms with Crippen molar-refractivity contribution in [3.63, 3.8) is 0 Å². The summed E-state index contributed by atoms with van der Waals surface area (Å²) >= 11 is 0. The third-order valence-electron chi connectivity index (χ3n) is 3.74. The highest BCUT2D eigenvalue weighted by molar-refractivity contribution is 5.95. The summed E-state index contributed by atoms with van der Waals surface area (Å²) < 4.78 is 0. The monoisotopic (exact) mass is 247 g/mol. The Labute approximate surface area is 108 Å². The largest absolute Gasteiger partial charge is 0.386 e. The Morgan fingerprint density at radius 3 is 2.33 bits per heavy atom. The van der Waals surface area contributed by atoms with E-state index in [1.807, 2.05) is 31.2 Å². The van der Waals surface area contributed by atoms with Crippen LogP contribution >= 0.6 is 0 Å². The molecule has 3 heteroatoms. The fraction of sp³-hybridized carbons (Fsp3) is 0.533. The summed E-state index contributed by atoms with van der Waals surface area (Å²) in [5, 5.41) is 9.91. The molecule has 1 aliphatic heterocycles. The molecule has 0 radical (unpaired) electrons. The number of aliphatic hydroxyl groups is 1. The molecule has 0 spiro atoms. The van der Waals surface area contributed by atoms with Gasteiger partial charge < -0.3 is 10.0 Å². The predicted octanol–water partition coefficient (Wildman–Crippen LogP) is 2.41. The van der Waals surface area contributed by atoms with Gasteiger partial charge in [0.15, 0.2) is 0 Å². The maximum atomic E-state index is 12.1. The maximum Gasteiger partial charge on any atom is 0.254 e. The molecule has 0 aromatic heterocycles. The minimum absolute atomic E-state index is 0.0171. The molecule has 1 aromatic rings. The highest BCUT2D eigenvalue weighted by atomic mass is 16.3. The van der Waals surface area contributed by atoms with Crippen molar-refractivity contribution >= 4 is 5.91 Å². The van der Waals surface area contributed by atoms with E-state index in [2.05, 4.69) is 13.8 Å². The van der Waals surface area contributed by atoms with Crippen LogP contribution in [0.5, 0.6) is 0 Å². The van der Waals surface area contributed by atoms with Crippen LogP contribution in [-0.2, 0) is 0 Å². The molecule has 98 valence electrons. The topological polar surface area (TPSA) is 40.5 Å². The van der Waals surface area contributed by atoms with Gasteiger partial charge in [-0.3, -0.25) is 4.79 Å². The third kappa shape index (κ3) is 2.41. The molecule has 1 fully saturated rings. The number of likely N-dealkylation sites (tertiary alicyclic amines) is 1. The predicted molar refractivity (Wildman–Crippen MR) is 71.7 cm³/mol. The normalized spacial score (nSPS) is 17.7. The molecule has 1 heterocycles. The first-order chi connectivity index (χ1) is 8.45. The number of carbonyl (C=O) groups is 1. The lowest BCUT2D eigenvalue weighted by Gasteiger charge is -2.46.